The number of benzene rings is 3. The third-order valence-corrected chi connectivity index (χ3v) is 12.1. The number of nitrogens with zero attached hydrogens (tertiary/aromatic N) is 1. The van der Waals surface area contributed by atoms with Crippen LogP contribution < -0.4 is 31.0 Å². The zero-order valence-electron chi connectivity index (χ0n) is 26.9. The molecule has 1 aliphatic heterocycles. The minimum atomic E-state index is -2.18. The number of amides is 1. The number of halogens is 1. The topological polar surface area (TPSA) is 88.1 Å². The Kier molecular flexibility index (Phi) is 12.0. The largest absolute Gasteiger partial charge is 0.478 e. The van der Waals surface area contributed by atoms with Crippen molar-refractivity contribution in [2.75, 3.05) is 57.8 Å². The molecular formula is C36H45ClN2O5Si. The number of carboxylic acid groups (broad SMARTS) is 1. The predicted octanol–water partition coefficient (Wildman–Crippen LogP) is 3.81. The van der Waals surface area contributed by atoms with Crippen molar-refractivity contribution in [2.24, 2.45) is 0 Å². The highest BCUT2D eigenvalue weighted by atomic mass is 35.5. The second-order valence-corrected chi connectivity index (χ2v) is 16.9. The summed E-state index contributed by atoms with van der Waals surface area (Å²) in [4.78, 5) is 27.9. The molecule has 7 nitrogen and oxygen atoms in total. The first-order chi connectivity index (χ1) is 21.6. The summed E-state index contributed by atoms with van der Waals surface area (Å²) in [5, 5.41) is 17.5. The van der Waals surface area contributed by atoms with Gasteiger partial charge in [-0.3, -0.25) is 4.79 Å². The number of unbranched alkanes of at least 4 members (excludes halogenated alkanes) is 3. The molecule has 2 N–H and O–H groups in total. The van der Waals surface area contributed by atoms with E-state index in [0.717, 1.165) is 52.9 Å². The molecule has 0 saturated carbocycles. The first kappa shape index (κ1) is 34.4. The lowest BCUT2D eigenvalue weighted by Crippen LogP contribution is -2.63. The monoisotopic (exact) mass is 648 g/mol. The van der Waals surface area contributed by atoms with E-state index in [4.69, 9.17) is 21.1 Å². The standard InChI is InChI=1S/C36H45ClN2O5Si/c1-25-10-13-29-32(22-25)45(4,5)33-24-27(39(2)3)12-15-30(33)34(29)31-23-26(11-14-28(31)36(41)42)35(40)38-17-19-44-21-20-43-18-9-7-6-8-16-37/h10-15,22-24H,1,6-9,16-21H2,2-5H3,(H,38,40)(H,41,42). The van der Waals surface area contributed by atoms with E-state index in [1.54, 1.807) is 12.1 Å². The van der Waals surface area contributed by atoms with E-state index in [0.29, 0.717) is 50.0 Å². The van der Waals surface area contributed by atoms with Crippen molar-refractivity contribution in [1.82, 2.24) is 5.32 Å². The number of ether oxygens (including phenoxy) is 2. The SMILES string of the molecule is C=c1ccc2c(c1)[Si](C)(C)c1cc(N(C)C)ccc1C=2c1cc(C(=O)NCCOCCOCCCCCCCl)ccc1C(=O)O. The average Bonchev–Trinajstić information content (AvgIpc) is 3.01. The quantitative estimate of drug-likeness (QED) is 0.140. The number of anilines is 1. The van der Waals surface area contributed by atoms with Crippen LogP contribution in [0.15, 0.2) is 54.6 Å². The van der Waals surface area contributed by atoms with Crippen molar-refractivity contribution in [3.8, 4) is 0 Å². The highest BCUT2D eigenvalue weighted by Crippen LogP contribution is 2.30. The Morgan fingerprint density at radius 1 is 0.867 bits per heavy atom. The molecule has 0 radical (unpaired) electrons. The molecule has 0 bridgehead atoms. The van der Waals surface area contributed by atoms with Crippen LogP contribution in [0.25, 0.3) is 12.2 Å². The zero-order valence-corrected chi connectivity index (χ0v) is 28.6. The van der Waals surface area contributed by atoms with E-state index in [-0.39, 0.29) is 11.5 Å². The summed E-state index contributed by atoms with van der Waals surface area (Å²) in [7, 11) is 1.85. The van der Waals surface area contributed by atoms with E-state index in [2.05, 4.69) is 54.2 Å². The van der Waals surface area contributed by atoms with Gasteiger partial charge in [-0.1, -0.05) is 56.8 Å². The third kappa shape index (κ3) is 8.24. The Morgan fingerprint density at radius 2 is 1.60 bits per heavy atom. The van der Waals surface area contributed by atoms with Gasteiger partial charge in [0, 0.05) is 44.4 Å². The number of carboxylic acids is 1. The Bertz CT molecular complexity index is 1640. The van der Waals surface area contributed by atoms with Crippen LogP contribution in [0.3, 0.4) is 0 Å². The molecule has 3 aromatic carbocycles. The fraction of sp³-hybridized carbons (Fsp3) is 0.389. The maximum Gasteiger partial charge on any atom is 0.336 e. The molecule has 9 heteroatoms. The molecular weight excluding hydrogens is 604 g/mol. The second kappa shape index (κ2) is 15.7. The molecule has 0 saturated heterocycles. The van der Waals surface area contributed by atoms with E-state index in [9.17, 15) is 14.7 Å². The lowest BCUT2D eigenvalue weighted by molar-refractivity contribution is 0.0468. The van der Waals surface area contributed by atoms with Crippen LogP contribution in [-0.2, 0) is 9.47 Å². The Labute approximate surface area is 272 Å². The van der Waals surface area contributed by atoms with Crippen LogP contribution in [0.5, 0.6) is 0 Å². The minimum absolute atomic E-state index is 0.151. The van der Waals surface area contributed by atoms with Crippen molar-refractivity contribution < 1.29 is 24.2 Å². The number of alkyl halides is 1. The van der Waals surface area contributed by atoms with Gasteiger partial charge in [-0.25, -0.2) is 4.79 Å². The van der Waals surface area contributed by atoms with Crippen molar-refractivity contribution in [3.63, 3.8) is 0 Å². The maximum atomic E-state index is 13.2. The summed E-state index contributed by atoms with van der Waals surface area (Å²) in [6, 6.07) is 17.3. The number of aromatic carboxylic acids is 1. The van der Waals surface area contributed by atoms with E-state index < -0.39 is 14.0 Å². The van der Waals surface area contributed by atoms with Crippen molar-refractivity contribution >= 4 is 59.8 Å². The minimum Gasteiger partial charge on any atom is -0.478 e. The van der Waals surface area contributed by atoms with Gasteiger partial charge in [0.05, 0.1) is 25.4 Å². The van der Waals surface area contributed by atoms with Crippen LogP contribution in [0.4, 0.5) is 5.69 Å². The molecule has 0 spiro atoms. The molecule has 4 rings (SSSR count). The summed E-state index contributed by atoms with van der Waals surface area (Å²) >= 11 is 5.70. The maximum absolute atomic E-state index is 13.2. The van der Waals surface area contributed by atoms with Gasteiger partial charge in [0.1, 0.15) is 8.07 Å². The van der Waals surface area contributed by atoms with Gasteiger partial charge in [-0.05, 0) is 80.7 Å². The number of carbonyl (C=O) groups excluding carboxylic acids is 1. The molecule has 0 unspecified atom stereocenters. The summed E-state index contributed by atoms with van der Waals surface area (Å²) in [6.45, 7) is 11.2. The highest BCUT2D eigenvalue weighted by Gasteiger charge is 2.36. The normalized spacial score (nSPS) is 13.2. The number of carbonyl (C=O) groups is 2. The number of hydrogen-bond acceptors (Lipinski definition) is 5. The number of hydrogen-bond donors (Lipinski definition) is 2. The van der Waals surface area contributed by atoms with Gasteiger partial charge in [0.25, 0.3) is 5.91 Å². The van der Waals surface area contributed by atoms with Gasteiger partial charge in [-0.15, -0.1) is 11.6 Å². The fourth-order valence-electron chi connectivity index (χ4n) is 5.84. The lowest BCUT2D eigenvalue weighted by atomic mass is 9.89. The lowest BCUT2D eigenvalue weighted by Gasteiger charge is -2.34. The first-order valence-electron chi connectivity index (χ1n) is 15.6. The molecule has 3 aromatic rings. The van der Waals surface area contributed by atoms with E-state index in [1.165, 1.54) is 16.4 Å². The van der Waals surface area contributed by atoms with Crippen molar-refractivity contribution in [1.29, 1.82) is 0 Å². The molecule has 45 heavy (non-hydrogen) atoms. The summed E-state index contributed by atoms with van der Waals surface area (Å²) in [5.41, 5.74) is 3.98. The van der Waals surface area contributed by atoms with Crippen LogP contribution in [0.1, 0.15) is 57.5 Å². The zero-order chi connectivity index (χ0) is 32.6. The number of fused-ring (bicyclic) bond motifs is 2. The first-order valence-corrected chi connectivity index (χ1v) is 19.1. The third-order valence-electron chi connectivity index (χ3n) is 8.35. The second-order valence-electron chi connectivity index (χ2n) is 12.2. The Balaban J connectivity index is 1.56. The molecule has 1 heterocycles. The summed E-state index contributed by atoms with van der Waals surface area (Å²) in [6.07, 6.45) is 4.29. The molecule has 240 valence electrons. The van der Waals surface area contributed by atoms with Gasteiger partial charge in [0.15, 0.2) is 0 Å². The summed E-state index contributed by atoms with van der Waals surface area (Å²) < 4.78 is 11.2. The van der Waals surface area contributed by atoms with Gasteiger partial charge in [0.2, 0.25) is 0 Å². The van der Waals surface area contributed by atoms with Gasteiger partial charge in [-0.2, -0.15) is 0 Å². The molecule has 0 aromatic heterocycles. The van der Waals surface area contributed by atoms with Crippen molar-refractivity contribution in [2.45, 2.75) is 38.8 Å². The molecule has 0 fully saturated rings. The molecule has 0 aliphatic carbocycles. The predicted molar refractivity (Wildman–Crippen MR) is 187 cm³/mol. The Morgan fingerprint density at radius 3 is 2.31 bits per heavy atom. The Hall–Kier alpha value is -3.43. The van der Waals surface area contributed by atoms with Crippen LogP contribution in [0.2, 0.25) is 13.1 Å². The highest BCUT2D eigenvalue weighted by molar-refractivity contribution is 7.01. The number of rotatable bonds is 16. The van der Waals surface area contributed by atoms with E-state index in [1.807, 2.05) is 26.2 Å². The molecule has 0 atom stereocenters. The summed E-state index contributed by atoms with van der Waals surface area (Å²) in [5.74, 6) is -0.621. The van der Waals surface area contributed by atoms with Crippen LogP contribution in [-0.4, -0.2) is 78.0 Å². The average molecular weight is 649 g/mol. The number of nitrogens with one attached hydrogen (secondary N) is 1. The van der Waals surface area contributed by atoms with Crippen LogP contribution in [0, 0.1) is 0 Å². The smallest absolute Gasteiger partial charge is 0.336 e. The van der Waals surface area contributed by atoms with Gasteiger partial charge >= 0.3 is 5.97 Å². The molecule has 1 amide bonds. The fourth-order valence-corrected chi connectivity index (χ4v) is 9.14. The van der Waals surface area contributed by atoms with Crippen LogP contribution >= 0.6 is 11.6 Å². The van der Waals surface area contributed by atoms with Crippen molar-refractivity contribution in [3.05, 3.63) is 87.3 Å². The van der Waals surface area contributed by atoms with E-state index >= 15 is 0 Å². The molecule has 1 aliphatic rings. The van der Waals surface area contributed by atoms with Gasteiger partial charge < -0.3 is 24.8 Å².